The molecule has 1 heterocycles. The number of aryl methyl sites for hydroxylation is 1. The van der Waals surface area contributed by atoms with Gasteiger partial charge < -0.3 is 5.32 Å². The third kappa shape index (κ3) is 3.53. The molecule has 1 aromatic carbocycles. The summed E-state index contributed by atoms with van der Waals surface area (Å²) in [6.07, 6.45) is 0.877. The van der Waals surface area contributed by atoms with Crippen molar-refractivity contribution in [3.8, 4) is 0 Å². The molecule has 0 spiro atoms. The summed E-state index contributed by atoms with van der Waals surface area (Å²) in [4.78, 5) is 12.0. The number of carbonyl (C=O) groups is 1. The number of hydrogen-bond donors (Lipinski definition) is 1. The predicted octanol–water partition coefficient (Wildman–Crippen LogP) is 1.44. The lowest BCUT2D eigenvalue weighted by molar-refractivity contribution is 0.0934. The number of sulfone groups is 1. The van der Waals surface area contributed by atoms with E-state index < -0.39 is 9.84 Å². The zero-order valence-corrected chi connectivity index (χ0v) is 11.5. The van der Waals surface area contributed by atoms with Crippen LogP contribution in [-0.4, -0.2) is 31.9 Å². The number of carbonyl (C=O) groups excluding carboxylic acids is 1. The molecular weight excluding hydrogens is 269 g/mol. The van der Waals surface area contributed by atoms with E-state index in [0.717, 1.165) is 0 Å². The number of nitrogens with one attached hydrogen (secondary N) is 1. The fraction of sp³-hybridized carbons (Fsp3) is 0.462. The van der Waals surface area contributed by atoms with E-state index in [0.29, 0.717) is 24.0 Å². The van der Waals surface area contributed by atoms with E-state index in [2.05, 4.69) is 5.32 Å². The molecule has 1 N–H and O–H groups in total. The van der Waals surface area contributed by atoms with E-state index in [4.69, 9.17) is 0 Å². The van der Waals surface area contributed by atoms with Crippen LogP contribution in [0.4, 0.5) is 4.39 Å². The highest BCUT2D eigenvalue weighted by molar-refractivity contribution is 7.91. The van der Waals surface area contributed by atoms with Crippen LogP contribution in [-0.2, 0) is 9.84 Å². The quantitative estimate of drug-likeness (QED) is 0.894. The molecule has 2 rings (SSSR count). The number of rotatable bonds is 2. The van der Waals surface area contributed by atoms with Crippen molar-refractivity contribution in [3.63, 3.8) is 0 Å². The lowest BCUT2D eigenvalue weighted by Gasteiger charge is -2.23. The lowest BCUT2D eigenvalue weighted by atomic mass is 10.1. The second-order valence-electron chi connectivity index (χ2n) is 4.86. The van der Waals surface area contributed by atoms with Gasteiger partial charge in [-0.05, 0) is 43.5 Å². The van der Waals surface area contributed by atoms with Gasteiger partial charge in [0.1, 0.15) is 15.7 Å². The summed E-state index contributed by atoms with van der Waals surface area (Å²) in [5, 5.41) is 2.79. The highest BCUT2D eigenvalue weighted by Gasteiger charge is 2.24. The minimum Gasteiger partial charge on any atom is -0.349 e. The van der Waals surface area contributed by atoms with E-state index in [1.807, 2.05) is 0 Å². The highest BCUT2D eigenvalue weighted by Crippen LogP contribution is 2.14. The van der Waals surface area contributed by atoms with Gasteiger partial charge in [-0.3, -0.25) is 4.79 Å². The molecule has 104 valence electrons. The average Bonchev–Trinajstić information content (AvgIpc) is 2.35. The molecule has 4 nitrogen and oxygen atoms in total. The summed E-state index contributed by atoms with van der Waals surface area (Å²) in [6, 6.07) is 4.05. The fourth-order valence-corrected chi connectivity index (χ4v) is 3.58. The summed E-state index contributed by atoms with van der Waals surface area (Å²) in [6.45, 7) is 1.60. The molecule has 1 aliphatic heterocycles. The van der Waals surface area contributed by atoms with Crippen molar-refractivity contribution in [1.82, 2.24) is 5.32 Å². The monoisotopic (exact) mass is 285 g/mol. The third-order valence-corrected chi connectivity index (χ3v) is 5.03. The fourth-order valence-electron chi connectivity index (χ4n) is 2.09. The summed E-state index contributed by atoms with van der Waals surface area (Å²) in [7, 11) is -2.93. The summed E-state index contributed by atoms with van der Waals surface area (Å²) < 4.78 is 35.7. The summed E-state index contributed by atoms with van der Waals surface area (Å²) in [5.41, 5.74) is 0.811. The normalized spacial score (nSPS) is 19.1. The second kappa shape index (κ2) is 5.28. The summed E-state index contributed by atoms with van der Waals surface area (Å²) >= 11 is 0. The number of benzene rings is 1. The molecule has 1 fully saturated rings. The van der Waals surface area contributed by atoms with Crippen LogP contribution in [0.1, 0.15) is 28.8 Å². The van der Waals surface area contributed by atoms with Gasteiger partial charge in [0.25, 0.3) is 5.91 Å². The standard InChI is InChI=1S/C13H16FNO3S/c1-9-8-10(2-3-12(9)14)13(16)15-11-4-6-19(17,18)7-5-11/h2-3,8,11H,4-7H2,1H3,(H,15,16). The van der Waals surface area contributed by atoms with Crippen molar-refractivity contribution in [2.45, 2.75) is 25.8 Å². The SMILES string of the molecule is Cc1cc(C(=O)NC2CCS(=O)(=O)CC2)ccc1F. The Morgan fingerprint density at radius 2 is 1.95 bits per heavy atom. The van der Waals surface area contributed by atoms with E-state index in [1.54, 1.807) is 6.92 Å². The van der Waals surface area contributed by atoms with Gasteiger partial charge in [0.15, 0.2) is 0 Å². The molecule has 1 saturated heterocycles. The van der Waals surface area contributed by atoms with Crippen LogP contribution in [0.5, 0.6) is 0 Å². The molecule has 0 bridgehead atoms. The molecule has 0 aliphatic carbocycles. The Bertz CT molecular complexity index is 584. The Hall–Kier alpha value is -1.43. The van der Waals surface area contributed by atoms with E-state index in [9.17, 15) is 17.6 Å². The first-order chi connectivity index (χ1) is 8.87. The van der Waals surface area contributed by atoms with Crippen LogP contribution >= 0.6 is 0 Å². The molecule has 1 aromatic rings. The molecule has 6 heteroatoms. The first kappa shape index (κ1) is 14.0. The largest absolute Gasteiger partial charge is 0.349 e. The minimum atomic E-state index is -2.93. The molecule has 0 unspecified atom stereocenters. The smallest absolute Gasteiger partial charge is 0.251 e. The lowest BCUT2D eigenvalue weighted by Crippen LogP contribution is -2.40. The van der Waals surface area contributed by atoms with Crippen LogP contribution in [0.25, 0.3) is 0 Å². The van der Waals surface area contributed by atoms with Crippen LogP contribution in [0.15, 0.2) is 18.2 Å². The molecule has 0 radical (unpaired) electrons. The van der Waals surface area contributed by atoms with Gasteiger partial charge in [-0.25, -0.2) is 12.8 Å². The van der Waals surface area contributed by atoms with Crippen molar-refractivity contribution in [1.29, 1.82) is 0 Å². The van der Waals surface area contributed by atoms with Gasteiger partial charge >= 0.3 is 0 Å². The Morgan fingerprint density at radius 3 is 2.53 bits per heavy atom. The maximum Gasteiger partial charge on any atom is 0.251 e. The zero-order chi connectivity index (χ0) is 14.0. The Kier molecular flexibility index (Phi) is 3.89. The Morgan fingerprint density at radius 1 is 1.32 bits per heavy atom. The van der Waals surface area contributed by atoms with Crippen molar-refractivity contribution in [2.75, 3.05) is 11.5 Å². The summed E-state index contributed by atoms with van der Waals surface area (Å²) in [5.74, 6) is -0.409. The first-order valence-corrected chi connectivity index (χ1v) is 7.97. The molecule has 0 atom stereocenters. The second-order valence-corrected chi connectivity index (χ2v) is 7.17. The first-order valence-electron chi connectivity index (χ1n) is 6.15. The zero-order valence-electron chi connectivity index (χ0n) is 10.6. The topological polar surface area (TPSA) is 63.2 Å². The molecule has 19 heavy (non-hydrogen) atoms. The van der Waals surface area contributed by atoms with Gasteiger partial charge in [-0.1, -0.05) is 0 Å². The highest BCUT2D eigenvalue weighted by atomic mass is 32.2. The van der Waals surface area contributed by atoms with Crippen LogP contribution in [0.2, 0.25) is 0 Å². The number of halogens is 1. The van der Waals surface area contributed by atoms with E-state index in [1.165, 1.54) is 18.2 Å². The van der Waals surface area contributed by atoms with E-state index >= 15 is 0 Å². The van der Waals surface area contributed by atoms with Crippen LogP contribution in [0.3, 0.4) is 0 Å². The van der Waals surface area contributed by atoms with Gasteiger partial charge in [0.05, 0.1) is 11.5 Å². The molecular formula is C13H16FNO3S. The predicted molar refractivity (Wildman–Crippen MR) is 70.3 cm³/mol. The average molecular weight is 285 g/mol. The third-order valence-electron chi connectivity index (χ3n) is 3.31. The van der Waals surface area contributed by atoms with Crippen LogP contribution in [0, 0.1) is 12.7 Å². The molecule has 1 aliphatic rings. The maximum absolute atomic E-state index is 13.1. The van der Waals surface area contributed by atoms with Crippen LogP contribution < -0.4 is 5.32 Å². The molecule has 0 aromatic heterocycles. The number of hydrogen-bond acceptors (Lipinski definition) is 3. The number of amides is 1. The van der Waals surface area contributed by atoms with Crippen molar-refractivity contribution >= 4 is 15.7 Å². The maximum atomic E-state index is 13.1. The Labute approximate surface area is 111 Å². The van der Waals surface area contributed by atoms with Crippen molar-refractivity contribution in [3.05, 3.63) is 35.1 Å². The van der Waals surface area contributed by atoms with Crippen molar-refractivity contribution in [2.24, 2.45) is 0 Å². The molecule has 1 amide bonds. The van der Waals surface area contributed by atoms with Gasteiger partial charge in [-0.15, -0.1) is 0 Å². The van der Waals surface area contributed by atoms with E-state index in [-0.39, 0.29) is 29.3 Å². The van der Waals surface area contributed by atoms with Gasteiger partial charge in [0, 0.05) is 11.6 Å². The minimum absolute atomic E-state index is 0.112. The molecule has 0 saturated carbocycles. The van der Waals surface area contributed by atoms with Gasteiger partial charge in [-0.2, -0.15) is 0 Å². The Balaban J connectivity index is 2.00. The van der Waals surface area contributed by atoms with Crippen molar-refractivity contribution < 1.29 is 17.6 Å². The van der Waals surface area contributed by atoms with Gasteiger partial charge in [0.2, 0.25) is 0 Å².